The quantitative estimate of drug-likeness (QED) is 0.419. The predicted octanol–water partition coefficient (Wildman–Crippen LogP) is 4.35. The van der Waals surface area contributed by atoms with Crippen LogP contribution in [0.2, 0.25) is 0 Å². The van der Waals surface area contributed by atoms with Gasteiger partial charge in [-0.2, -0.15) is 0 Å². The van der Waals surface area contributed by atoms with Crippen molar-refractivity contribution in [2.75, 3.05) is 19.0 Å². The lowest BCUT2D eigenvalue weighted by molar-refractivity contribution is 0.0324. The lowest BCUT2D eigenvalue weighted by Gasteiger charge is -2.33. The molecule has 0 bridgehead atoms. The van der Waals surface area contributed by atoms with Gasteiger partial charge in [0.15, 0.2) is 0 Å². The Morgan fingerprint density at radius 3 is 2.20 bits per heavy atom. The number of hydrogen-bond acceptors (Lipinski definition) is 3. The molecule has 1 fully saturated rings. The third-order valence-electron chi connectivity index (χ3n) is 4.34. The minimum Gasteiger partial charge on any atom is -0.381 e. The topological polar surface area (TPSA) is 43.4 Å². The highest BCUT2D eigenvalue weighted by Gasteiger charge is 2.33. The summed E-state index contributed by atoms with van der Waals surface area (Å²) in [4.78, 5) is 0. The highest BCUT2D eigenvalue weighted by atomic mass is 35.7. The summed E-state index contributed by atoms with van der Waals surface area (Å²) < 4.78 is 28.8. The molecule has 0 saturated heterocycles. The fourth-order valence-corrected chi connectivity index (χ4v) is 5.00. The highest BCUT2D eigenvalue weighted by molar-refractivity contribution is 8.13. The molecule has 0 atom stereocenters. The monoisotopic (exact) mass is 324 g/mol. The zero-order chi connectivity index (χ0) is 15.1. The van der Waals surface area contributed by atoms with Crippen LogP contribution >= 0.6 is 10.7 Å². The molecule has 3 nitrogen and oxygen atoms in total. The second kappa shape index (κ2) is 8.60. The molecule has 1 saturated carbocycles. The van der Waals surface area contributed by atoms with Crippen molar-refractivity contribution in [2.24, 2.45) is 11.3 Å². The molecule has 120 valence electrons. The first-order chi connectivity index (χ1) is 9.41. The fourth-order valence-electron chi connectivity index (χ4n) is 3.20. The SMILES string of the molecule is CCCC(CCC)(COCCC1CCC1)CS(=O)(=O)Cl. The summed E-state index contributed by atoms with van der Waals surface area (Å²) in [6.07, 6.45) is 8.75. The van der Waals surface area contributed by atoms with E-state index in [1.54, 1.807) is 0 Å². The number of rotatable bonds is 11. The van der Waals surface area contributed by atoms with Crippen molar-refractivity contribution < 1.29 is 13.2 Å². The van der Waals surface area contributed by atoms with Crippen LogP contribution in [-0.2, 0) is 13.8 Å². The average Bonchev–Trinajstić information content (AvgIpc) is 2.24. The standard InChI is InChI=1S/C15H29ClO3S/c1-3-9-15(10-4-2,13-20(16,17)18)12-19-11-8-14-6-5-7-14/h14H,3-13H2,1-2H3. The highest BCUT2D eigenvalue weighted by Crippen LogP contribution is 2.34. The second-order valence-electron chi connectivity index (χ2n) is 6.32. The summed E-state index contributed by atoms with van der Waals surface area (Å²) in [5, 5.41) is 0. The summed E-state index contributed by atoms with van der Waals surface area (Å²) in [6, 6.07) is 0. The van der Waals surface area contributed by atoms with Crippen molar-refractivity contribution in [3.05, 3.63) is 0 Å². The first-order valence-electron chi connectivity index (χ1n) is 7.91. The molecule has 0 radical (unpaired) electrons. The summed E-state index contributed by atoms with van der Waals surface area (Å²) in [7, 11) is 2.02. The summed E-state index contributed by atoms with van der Waals surface area (Å²) in [6.45, 7) is 5.44. The van der Waals surface area contributed by atoms with Crippen LogP contribution in [0, 0.1) is 11.3 Å². The number of halogens is 1. The van der Waals surface area contributed by atoms with E-state index >= 15 is 0 Å². The molecule has 1 aliphatic rings. The Bertz CT molecular complexity index is 357. The van der Waals surface area contributed by atoms with Crippen LogP contribution in [0.15, 0.2) is 0 Å². The van der Waals surface area contributed by atoms with Crippen molar-refractivity contribution in [1.29, 1.82) is 0 Å². The lowest BCUT2D eigenvalue weighted by Crippen LogP contribution is -2.34. The minimum atomic E-state index is -3.48. The zero-order valence-electron chi connectivity index (χ0n) is 12.9. The van der Waals surface area contributed by atoms with Gasteiger partial charge in [0, 0.05) is 22.7 Å². The van der Waals surface area contributed by atoms with Crippen molar-refractivity contribution in [1.82, 2.24) is 0 Å². The van der Waals surface area contributed by atoms with Gasteiger partial charge in [0.05, 0.1) is 12.4 Å². The van der Waals surface area contributed by atoms with Crippen molar-refractivity contribution in [2.45, 2.75) is 65.2 Å². The normalized spacial score (nSPS) is 17.1. The van der Waals surface area contributed by atoms with Gasteiger partial charge in [-0.05, 0) is 25.2 Å². The molecule has 5 heteroatoms. The van der Waals surface area contributed by atoms with Gasteiger partial charge in [-0.25, -0.2) is 8.42 Å². The molecule has 0 aliphatic heterocycles. The van der Waals surface area contributed by atoms with E-state index in [4.69, 9.17) is 15.4 Å². The summed E-state index contributed by atoms with van der Waals surface area (Å²) in [5.74, 6) is 0.866. The molecular weight excluding hydrogens is 296 g/mol. The Morgan fingerprint density at radius 1 is 1.20 bits per heavy atom. The predicted molar refractivity (Wildman–Crippen MR) is 84.7 cm³/mol. The summed E-state index contributed by atoms with van der Waals surface area (Å²) in [5.41, 5.74) is -0.302. The number of ether oxygens (including phenoxy) is 1. The second-order valence-corrected chi connectivity index (χ2v) is 9.10. The Morgan fingerprint density at radius 2 is 1.80 bits per heavy atom. The molecule has 0 aromatic heterocycles. The van der Waals surface area contributed by atoms with Crippen molar-refractivity contribution >= 4 is 19.7 Å². The Hall–Kier alpha value is 0.200. The molecule has 1 rings (SSSR count). The van der Waals surface area contributed by atoms with E-state index in [1.165, 1.54) is 19.3 Å². The van der Waals surface area contributed by atoms with Gasteiger partial charge in [-0.3, -0.25) is 0 Å². The lowest BCUT2D eigenvalue weighted by atomic mass is 9.81. The van der Waals surface area contributed by atoms with Crippen molar-refractivity contribution in [3.8, 4) is 0 Å². The van der Waals surface area contributed by atoms with E-state index < -0.39 is 9.05 Å². The molecule has 0 heterocycles. The average molecular weight is 325 g/mol. The van der Waals surface area contributed by atoms with Crippen LogP contribution in [0.3, 0.4) is 0 Å². The van der Waals surface area contributed by atoms with Crippen LogP contribution in [0.4, 0.5) is 0 Å². The van der Waals surface area contributed by atoms with Gasteiger partial charge in [0.1, 0.15) is 0 Å². The number of hydrogen-bond donors (Lipinski definition) is 0. The Kier molecular flexibility index (Phi) is 7.84. The molecule has 0 aromatic rings. The maximum absolute atomic E-state index is 11.5. The zero-order valence-corrected chi connectivity index (χ0v) is 14.4. The van der Waals surface area contributed by atoms with E-state index in [9.17, 15) is 8.42 Å². The van der Waals surface area contributed by atoms with E-state index in [2.05, 4.69) is 13.8 Å². The summed E-state index contributed by atoms with van der Waals surface area (Å²) >= 11 is 0. The van der Waals surface area contributed by atoms with Crippen LogP contribution in [0.5, 0.6) is 0 Å². The Labute approximate surface area is 128 Å². The van der Waals surface area contributed by atoms with Crippen LogP contribution in [0.1, 0.15) is 65.2 Å². The van der Waals surface area contributed by atoms with Gasteiger partial charge < -0.3 is 4.74 Å². The van der Waals surface area contributed by atoms with E-state index in [0.29, 0.717) is 6.61 Å². The third-order valence-corrected chi connectivity index (χ3v) is 5.63. The van der Waals surface area contributed by atoms with Crippen LogP contribution in [-0.4, -0.2) is 27.4 Å². The third kappa shape index (κ3) is 6.77. The van der Waals surface area contributed by atoms with Gasteiger partial charge in [-0.1, -0.05) is 46.0 Å². The molecule has 0 spiro atoms. The fraction of sp³-hybridized carbons (Fsp3) is 1.00. The molecule has 20 heavy (non-hydrogen) atoms. The van der Waals surface area contributed by atoms with Gasteiger partial charge >= 0.3 is 0 Å². The maximum atomic E-state index is 11.5. The van der Waals surface area contributed by atoms with Crippen LogP contribution in [0.25, 0.3) is 0 Å². The smallest absolute Gasteiger partial charge is 0.233 e. The van der Waals surface area contributed by atoms with Gasteiger partial charge in [0.25, 0.3) is 0 Å². The maximum Gasteiger partial charge on any atom is 0.233 e. The molecular formula is C15H29ClO3S. The molecule has 0 aromatic carbocycles. The molecule has 1 aliphatic carbocycles. The largest absolute Gasteiger partial charge is 0.381 e. The van der Waals surface area contributed by atoms with Gasteiger partial charge in [-0.15, -0.1) is 0 Å². The van der Waals surface area contributed by atoms with Crippen molar-refractivity contribution in [3.63, 3.8) is 0 Å². The van der Waals surface area contributed by atoms with E-state index in [-0.39, 0.29) is 11.2 Å². The molecule has 0 unspecified atom stereocenters. The minimum absolute atomic E-state index is 0.0344. The first kappa shape index (κ1) is 18.2. The molecule has 0 amide bonds. The van der Waals surface area contributed by atoms with E-state index in [1.807, 2.05) is 0 Å². The Balaban J connectivity index is 2.49. The molecule has 0 N–H and O–H groups in total. The van der Waals surface area contributed by atoms with Gasteiger partial charge in [0.2, 0.25) is 9.05 Å². The van der Waals surface area contributed by atoms with E-state index in [0.717, 1.165) is 44.6 Å². The van der Waals surface area contributed by atoms with Crippen LogP contribution < -0.4 is 0 Å². The first-order valence-corrected chi connectivity index (χ1v) is 10.4.